The van der Waals surface area contributed by atoms with Gasteiger partial charge in [-0.25, -0.2) is 0 Å². The van der Waals surface area contributed by atoms with Crippen molar-refractivity contribution in [1.29, 1.82) is 0 Å². The number of rotatable bonds is 5. The summed E-state index contributed by atoms with van der Waals surface area (Å²) >= 11 is -1.47. The fourth-order valence-electron chi connectivity index (χ4n) is 3.71. The predicted molar refractivity (Wildman–Crippen MR) is 123 cm³/mol. The third-order valence-electron chi connectivity index (χ3n) is 4.97. The summed E-state index contributed by atoms with van der Waals surface area (Å²) in [5, 5.41) is 4.48. The number of hydrogen-bond donors (Lipinski definition) is 0. The zero-order chi connectivity index (χ0) is 18.5. The summed E-state index contributed by atoms with van der Waals surface area (Å²) < 4.78 is 1.54. The summed E-state index contributed by atoms with van der Waals surface area (Å²) in [4.78, 5) is 0. The van der Waals surface area contributed by atoms with Crippen molar-refractivity contribution in [3.05, 3.63) is 121 Å². The molecule has 0 aliphatic carbocycles. The Bertz CT molecular complexity index is 873. The van der Waals surface area contributed by atoms with Crippen LogP contribution in [0.1, 0.15) is 0 Å². The van der Waals surface area contributed by atoms with Gasteiger partial charge in [0.05, 0.1) is 0 Å². The quantitative estimate of drug-likeness (QED) is 0.324. The summed E-state index contributed by atoms with van der Waals surface area (Å²) in [7, 11) is 0. The van der Waals surface area contributed by atoms with Crippen LogP contribution in [0.25, 0.3) is 0 Å². The van der Waals surface area contributed by atoms with E-state index in [0.29, 0.717) is 0 Å². The Kier molecular flexibility index (Phi) is 5.58. The van der Waals surface area contributed by atoms with Gasteiger partial charge in [-0.3, -0.25) is 0 Å². The van der Waals surface area contributed by atoms with Crippen molar-refractivity contribution in [1.82, 2.24) is 0 Å². The molecule has 4 aromatic carbocycles. The van der Waals surface area contributed by atoms with Crippen LogP contribution in [-0.2, 0) is 0 Å². The van der Waals surface area contributed by atoms with E-state index in [-0.39, 0.29) is 0 Å². The van der Waals surface area contributed by atoms with E-state index in [2.05, 4.69) is 127 Å². The topological polar surface area (TPSA) is 0 Å². The Morgan fingerprint density at radius 1 is 0.444 bits per heavy atom. The second-order valence-corrected chi connectivity index (χ2v) is 19.5. The molecule has 0 heterocycles. The van der Waals surface area contributed by atoms with Gasteiger partial charge in [-0.2, -0.15) is 0 Å². The van der Waals surface area contributed by atoms with E-state index in [1.54, 1.807) is 0 Å². The van der Waals surface area contributed by atoms with Crippen LogP contribution in [0.15, 0.2) is 121 Å². The van der Waals surface area contributed by atoms with Gasteiger partial charge in [-0.05, 0) is 0 Å². The molecule has 4 rings (SSSR count). The third kappa shape index (κ3) is 3.41. The van der Waals surface area contributed by atoms with Gasteiger partial charge in [0.15, 0.2) is 0 Å². The van der Waals surface area contributed by atoms with Gasteiger partial charge in [0.2, 0.25) is 0 Å². The van der Waals surface area contributed by atoms with E-state index >= 15 is 0 Å². The fraction of sp³-hybridized carbons (Fsp3) is 0.0400. The molecule has 0 saturated carbocycles. The zero-order valence-electron chi connectivity index (χ0n) is 15.4. The molecule has 0 radical (unpaired) electrons. The molecule has 132 valence electrons. The monoisotopic (exact) mass is 429 g/mol. The van der Waals surface area contributed by atoms with Gasteiger partial charge < -0.3 is 0 Å². The van der Waals surface area contributed by atoms with Gasteiger partial charge in [0.25, 0.3) is 0 Å². The van der Waals surface area contributed by atoms with Gasteiger partial charge in [0, 0.05) is 0 Å². The summed E-state index contributed by atoms with van der Waals surface area (Å²) in [5.74, 6) is -1.72. The summed E-state index contributed by atoms with van der Waals surface area (Å²) in [6.45, 7) is 0. The molecule has 0 saturated heterocycles. The molecule has 1 unspecified atom stereocenters. The molecule has 0 spiro atoms. The van der Waals surface area contributed by atoms with Gasteiger partial charge >= 0.3 is 167 Å². The van der Waals surface area contributed by atoms with Crippen molar-refractivity contribution in [3.63, 3.8) is 0 Å². The summed E-state index contributed by atoms with van der Waals surface area (Å²) in [6.07, 6.45) is 0. The van der Waals surface area contributed by atoms with Crippen molar-refractivity contribution in [2.24, 2.45) is 0 Å². The van der Waals surface area contributed by atoms with E-state index in [4.69, 9.17) is 0 Å². The van der Waals surface area contributed by atoms with Crippen molar-refractivity contribution < 1.29 is 0 Å². The molecule has 2 heteroatoms. The average molecular weight is 429 g/mol. The van der Waals surface area contributed by atoms with E-state index in [1.165, 1.54) is 20.3 Å². The normalized spacial score (nSPS) is 12.5. The van der Waals surface area contributed by atoms with E-state index < -0.39 is 20.0 Å². The van der Waals surface area contributed by atoms with Crippen LogP contribution in [-0.4, -0.2) is 14.2 Å². The summed E-state index contributed by atoms with van der Waals surface area (Å²) in [6, 6.07) is 44.8. The first-order valence-electron chi connectivity index (χ1n) is 9.18. The molecule has 1 atom stereocenters. The molecule has 0 aromatic heterocycles. The fourth-order valence-corrected chi connectivity index (χ4v) is 21.0. The van der Waals surface area contributed by atoms with Crippen LogP contribution < -0.4 is 20.3 Å². The van der Waals surface area contributed by atoms with Crippen molar-refractivity contribution in [3.8, 4) is 0 Å². The molecule has 0 bridgehead atoms. The molecule has 0 aliphatic heterocycles. The Hall–Kier alpha value is -2.13. The molecule has 0 nitrogen and oxygen atoms in total. The molecule has 0 aliphatic rings. The second-order valence-electron chi connectivity index (χ2n) is 6.50. The Morgan fingerprint density at radius 3 is 1.07 bits per heavy atom. The van der Waals surface area contributed by atoms with Crippen molar-refractivity contribution in [2.45, 2.75) is 5.71 Å². The van der Waals surface area contributed by atoms with Crippen LogP contribution >= 0.6 is 5.82 Å². The second kappa shape index (κ2) is 8.26. The molecule has 4 aromatic rings. The maximum atomic E-state index is 2.54. The first-order valence-corrected chi connectivity index (χ1v) is 16.3. The molecule has 0 amide bonds. The standard InChI is InChI=1S/C25H23AsP/c1-26(22-14-6-2-7-15-22)27(23-16-8-3-9-17-23,24-18-10-4-11-19-24)25-20-12-5-13-21-25/h2-21H,1H3/q+1. The first kappa shape index (κ1) is 18.2. The van der Waals surface area contributed by atoms with Crippen LogP contribution in [0, 0.1) is 0 Å². The van der Waals surface area contributed by atoms with Gasteiger partial charge in [-0.15, -0.1) is 0 Å². The third-order valence-corrected chi connectivity index (χ3v) is 22.4. The minimum atomic E-state index is -1.72. The Labute approximate surface area is 167 Å². The molecule has 0 N–H and O–H groups in total. The SMILES string of the molecule is C[As](c1ccccc1)[P+](c1ccccc1)(c1ccccc1)c1ccccc1. The van der Waals surface area contributed by atoms with Crippen molar-refractivity contribution >= 4 is 40.3 Å². The predicted octanol–water partition coefficient (Wildman–Crippen LogP) is 4.51. The van der Waals surface area contributed by atoms with E-state index in [9.17, 15) is 0 Å². The Morgan fingerprint density at radius 2 is 0.741 bits per heavy atom. The number of benzene rings is 4. The van der Waals surface area contributed by atoms with Crippen LogP contribution in [0.2, 0.25) is 5.71 Å². The van der Waals surface area contributed by atoms with E-state index in [0.717, 1.165) is 0 Å². The van der Waals surface area contributed by atoms with Crippen LogP contribution in [0.3, 0.4) is 0 Å². The number of hydrogen-bond acceptors (Lipinski definition) is 0. The summed E-state index contributed by atoms with van der Waals surface area (Å²) in [5.41, 5.74) is 2.54. The average Bonchev–Trinajstić information content (AvgIpc) is 2.77. The zero-order valence-corrected chi connectivity index (χ0v) is 18.2. The van der Waals surface area contributed by atoms with Crippen LogP contribution in [0.4, 0.5) is 0 Å². The first-order chi connectivity index (χ1) is 13.3. The molecule has 27 heavy (non-hydrogen) atoms. The minimum absolute atomic E-state index is 1.47. The molecule has 0 fully saturated rings. The Balaban J connectivity index is 2.07. The van der Waals surface area contributed by atoms with E-state index in [1.807, 2.05) is 0 Å². The molecular weight excluding hydrogens is 406 g/mol. The van der Waals surface area contributed by atoms with Crippen molar-refractivity contribution in [2.75, 3.05) is 0 Å². The van der Waals surface area contributed by atoms with Gasteiger partial charge in [-0.1, -0.05) is 0 Å². The van der Waals surface area contributed by atoms with Gasteiger partial charge in [0.1, 0.15) is 0 Å². The maximum absolute atomic E-state index is 2.54. The van der Waals surface area contributed by atoms with Crippen LogP contribution in [0.5, 0.6) is 0 Å². The molecular formula is C25H23AsP+.